The van der Waals surface area contributed by atoms with E-state index in [9.17, 15) is 4.79 Å². The zero-order valence-corrected chi connectivity index (χ0v) is 18.2. The van der Waals surface area contributed by atoms with Gasteiger partial charge in [0.2, 0.25) is 0 Å². The highest BCUT2D eigenvalue weighted by atomic mass is 16.5. The Balaban J connectivity index is 1.88. The molecule has 0 bridgehead atoms. The van der Waals surface area contributed by atoms with Crippen molar-refractivity contribution in [2.45, 2.75) is 39.7 Å². The Bertz CT molecular complexity index is 1210. The lowest BCUT2D eigenvalue weighted by atomic mass is 10.1. The third-order valence-corrected chi connectivity index (χ3v) is 6.01. The minimum absolute atomic E-state index is 0.125. The first-order chi connectivity index (χ1) is 15.0. The number of esters is 1. The highest BCUT2D eigenvalue weighted by molar-refractivity contribution is 6.08. The molecule has 160 valence electrons. The van der Waals surface area contributed by atoms with Gasteiger partial charge in [-0.15, -0.1) is 0 Å². The molecule has 2 aromatic carbocycles. The van der Waals surface area contributed by atoms with Crippen LogP contribution in [0.2, 0.25) is 0 Å². The van der Waals surface area contributed by atoms with Crippen molar-refractivity contribution in [1.29, 1.82) is 0 Å². The monoisotopic (exact) mass is 416 g/mol. The highest BCUT2D eigenvalue weighted by Gasteiger charge is 2.28. The predicted octanol–water partition coefficient (Wildman–Crippen LogP) is 5.37. The van der Waals surface area contributed by atoms with Gasteiger partial charge in [-0.2, -0.15) is 0 Å². The molecule has 2 N–H and O–H groups in total. The second-order valence-corrected chi connectivity index (χ2v) is 7.88. The van der Waals surface area contributed by atoms with Crippen LogP contribution in [0.4, 0.5) is 5.82 Å². The largest absolute Gasteiger partial charge is 0.462 e. The minimum atomic E-state index is -0.446. The van der Waals surface area contributed by atoms with Gasteiger partial charge in [-0.3, -0.25) is 0 Å². The summed E-state index contributed by atoms with van der Waals surface area (Å²) in [5.74, 6) is 0.211. The van der Waals surface area contributed by atoms with E-state index in [4.69, 9.17) is 20.4 Å². The van der Waals surface area contributed by atoms with E-state index in [2.05, 4.69) is 13.8 Å². The van der Waals surface area contributed by atoms with Gasteiger partial charge in [-0.05, 0) is 30.5 Å². The summed E-state index contributed by atoms with van der Waals surface area (Å²) in [6, 6.07) is 17.5. The molecule has 0 amide bonds. The number of carbonyl (C=O) groups is 1. The predicted molar refractivity (Wildman–Crippen MR) is 124 cm³/mol. The lowest BCUT2D eigenvalue weighted by Gasteiger charge is -2.17. The summed E-state index contributed by atoms with van der Waals surface area (Å²) in [5, 5.41) is 0. The van der Waals surface area contributed by atoms with Crippen molar-refractivity contribution in [3.05, 3.63) is 65.7 Å². The van der Waals surface area contributed by atoms with Crippen molar-refractivity contribution in [3.8, 4) is 0 Å². The van der Waals surface area contributed by atoms with Gasteiger partial charge < -0.3 is 15.0 Å². The number of carbonyl (C=O) groups excluding carboxylic acids is 1. The smallest absolute Gasteiger partial charge is 0.344 e. The molecule has 0 aliphatic rings. The van der Waals surface area contributed by atoms with Crippen LogP contribution in [-0.4, -0.2) is 27.1 Å². The summed E-state index contributed by atoms with van der Waals surface area (Å²) in [7, 11) is 0. The van der Waals surface area contributed by atoms with Crippen LogP contribution in [0.25, 0.3) is 22.2 Å². The van der Waals surface area contributed by atoms with Crippen LogP contribution in [0.1, 0.15) is 55.6 Å². The summed E-state index contributed by atoms with van der Waals surface area (Å²) in [6.07, 6.45) is 1.91. The first-order valence-corrected chi connectivity index (χ1v) is 10.8. The molecule has 2 heterocycles. The maximum absolute atomic E-state index is 13.1. The lowest BCUT2D eigenvalue weighted by Crippen LogP contribution is -2.16. The molecule has 1 atom stereocenters. The van der Waals surface area contributed by atoms with E-state index in [0.29, 0.717) is 40.6 Å². The van der Waals surface area contributed by atoms with Crippen LogP contribution in [0.3, 0.4) is 0 Å². The van der Waals surface area contributed by atoms with Gasteiger partial charge in [0.25, 0.3) is 0 Å². The van der Waals surface area contributed by atoms with Gasteiger partial charge in [-0.25, -0.2) is 14.8 Å². The van der Waals surface area contributed by atoms with Crippen LogP contribution in [0, 0.1) is 5.92 Å². The fourth-order valence-electron chi connectivity index (χ4n) is 3.95. The van der Waals surface area contributed by atoms with Crippen molar-refractivity contribution in [1.82, 2.24) is 14.5 Å². The van der Waals surface area contributed by atoms with Gasteiger partial charge in [-0.1, -0.05) is 69.2 Å². The lowest BCUT2D eigenvalue weighted by molar-refractivity contribution is 0.0436. The number of anilines is 1. The third-order valence-electron chi connectivity index (χ3n) is 6.01. The van der Waals surface area contributed by atoms with E-state index in [1.54, 1.807) is 0 Å². The number of para-hydroxylation sites is 2. The molecule has 31 heavy (non-hydrogen) atoms. The van der Waals surface area contributed by atoms with Crippen molar-refractivity contribution in [3.63, 3.8) is 0 Å². The van der Waals surface area contributed by atoms with Crippen LogP contribution >= 0.6 is 0 Å². The molecule has 6 heteroatoms. The van der Waals surface area contributed by atoms with E-state index in [0.717, 1.165) is 23.9 Å². The summed E-state index contributed by atoms with van der Waals surface area (Å²) in [4.78, 5) is 22.7. The van der Waals surface area contributed by atoms with Crippen LogP contribution in [0.15, 0.2) is 54.6 Å². The van der Waals surface area contributed by atoms with E-state index in [1.807, 2.05) is 66.1 Å². The number of hydrogen-bond acceptors (Lipinski definition) is 5. The van der Waals surface area contributed by atoms with Crippen molar-refractivity contribution >= 4 is 34.0 Å². The number of aromatic nitrogens is 3. The van der Waals surface area contributed by atoms with E-state index < -0.39 is 5.97 Å². The number of nitrogens with two attached hydrogens (primary N) is 1. The molecule has 0 aliphatic heterocycles. The number of benzene rings is 2. The molecular formula is C25H28N4O2. The zero-order chi connectivity index (χ0) is 22.0. The Labute approximate surface area is 182 Å². The Morgan fingerprint density at radius 3 is 2.26 bits per heavy atom. The molecule has 0 spiro atoms. The molecule has 4 rings (SSSR count). The maximum atomic E-state index is 13.1. The van der Waals surface area contributed by atoms with E-state index in [-0.39, 0.29) is 6.04 Å². The number of rotatable bonds is 7. The summed E-state index contributed by atoms with van der Waals surface area (Å²) in [6.45, 7) is 6.61. The second kappa shape index (κ2) is 8.76. The van der Waals surface area contributed by atoms with Gasteiger partial charge in [0.05, 0.1) is 23.7 Å². The molecule has 0 radical (unpaired) electrons. The summed E-state index contributed by atoms with van der Waals surface area (Å²) < 4.78 is 7.56. The molecule has 0 aliphatic carbocycles. The topological polar surface area (TPSA) is 83.0 Å². The Morgan fingerprint density at radius 2 is 1.61 bits per heavy atom. The molecule has 0 saturated carbocycles. The number of nitrogens with zero attached hydrogens (tertiary/aromatic N) is 3. The average Bonchev–Trinajstić information content (AvgIpc) is 3.08. The molecule has 0 fully saturated rings. The van der Waals surface area contributed by atoms with Gasteiger partial charge >= 0.3 is 5.97 Å². The quantitative estimate of drug-likeness (QED) is 0.410. The Hall–Kier alpha value is -3.41. The van der Waals surface area contributed by atoms with Gasteiger partial charge in [0, 0.05) is 0 Å². The molecule has 1 unspecified atom stereocenters. The van der Waals surface area contributed by atoms with Crippen molar-refractivity contribution < 1.29 is 9.53 Å². The van der Waals surface area contributed by atoms with E-state index in [1.165, 1.54) is 0 Å². The van der Waals surface area contributed by atoms with Crippen LogP contribution in [-0.2, 0) is 4.74 Å². The minimum Gasteiger partial charge on any atom is -0.462 e. The second-order valence-electron chi connectivity index (χ2n) is 7.88. The van der Waals surface area contributed by atoms with E-state index >= 15 is 0 Å². The first-order valence-electron chi connectivity index (χ1n) is 10.8. The van der Waals surface area contributed by atoms with Crippen molar-refractivity contribution in [2.75, 3.05) is 12.3 Å². The first kappa shape index (κ1) is 20.8. The number of nitrogen functional groups attached to an aromatic ring is 1. The third kappa shape index (κ3) is 3.85. The Morgan fingerprint density at radius 1 is 1.00 bits per heavy atom. The van der Waals surface area contributed by atoms with Crippen LogP contribution in [0.5, 0.6) is 0 Å². The summed E-state index contributed by atoms with van der Waals surface area (Å²) in [5.41, 5.74) is 10.5. The molecular weight excluding hydrogens is 388 g/mol. The van der Waals surface area contributed by atoms with Crippen molar-refractivity contribution in [2.24, 2.45) is 5.92 Å². The SMILES string of the molecule is CCC(CC)COC(=O)c1c(N)n(C(C)c2ccccc2)c2nc3ccccc3nc12. The Kier molecular flexibility index (Phi) is 5.89. The van der Waals surface area contributed by atoms with Gasteiger partial charge in [0.1, 0.15) is 16.9 Å². The molecule has 6 nitrogen and oxygen atoms in total. The maximum Gasteiger partial charge on any atom is 0.344 e. The fourth-order valence-corrected chi connectivity index (χ4v) is 3.95. The summed E-state index contributed by atoms with van der Waals surface area (Å²) >= 11 is 0. The fraction of sp³-hybridized carbons (Fsp3) is 0.320. The standard InChI is InChI=1S/C25H28N4O2/c1-4-17(5-2)15-31-25(30)21-22-24(28-20-14-10-9-13-19(20)27-22)29(23(21)26)16(3)18-11-7-6-8-12-18/h6-14,16-17H,4-5,15,26H2,1-3H3. The molecule has 4 aromatic rings. The zero-order valence-electron chi connectivity index (χ0n) is 18.2. The van der Waals surface area contributed by atoms with Crippen LogP contribution < -0.4 is 5.73 Å². The normalized spacial score (nSPS) is 12.5. The van der Waals surface area contributed by atoms with Gasteiger partial charge in [0.15, 0.2) is 5.65 Å². The molecule has 0 saturated heterocycles. The molecule has 2 aromatic heterocycles. The average molecular weight is 417 g/mol. The number of hydrogen-bond donors (Lipinski definition) is 1. The number of ether oxygens (including phenoxy) is 1. The highest BCUT2D eigenvalue weighted by Crippen LogP contribution is 2.33. The number of fused-ring (bicyclic) bond motifs is 2.